The molecule has 0 radical (unpaired) electrons. The van der Waals surface area contributed by atoms with Crippen molar-refractivity contribution in [3.63, 3.8) is 0 Å². The van der Waals surface area contributed by atoms with Crippen LogP contribution in [-0.4, -0.2) is 46.2 Å². The van der Waals surface area contributed by atoms with E-state index in [1.807, 2.05) is 6.07 Å². The van der Waals surface area contributed by atoms with Crippen molar-refractivity contribution >= 4 is 23.6 Å². The topological polar surface area (TPSA) is 122 Å². The van der Waals surface area contributed by atoms with Gasteiger partial charge >= 0.3 is 0 Å². The highest BCUT2D eigenvalue weighted by Crippen LogP contribution is 2.30. The van der Waals surface area contributed by atoms with E-state index in [1.54, 1.807) is 12.1 Å². The first-order chi connectivity index (χ1) is 13.3. The standard InChI is InChI=1S/C20H24N4O4/c1-20(8-2-3-15(20)21)22-10-11-4-5-12-13(9-11)19(28)24(18(12)27)14-6-7-16(25)23-17(14)26/h4-5,9,14-15,22H,2-3,6-8,10,21H2,1H3,(H,23,25,26)/t14?,15-,20-/m0/s1. The van der Waals surface area contributed by atoms with Crippen LogP contribution in [-0.2, 0) is 16.1 Å². The lowest BCUT2D eigenvalue weighted by Crippen LogP contribution is -2.54. The highest BCUT2D eigenvalue weighted by atomic mass is 16.2. The van der Waals surface area contributed by atoms with E-state index in [2.05, 4.69) is 17.6 Å². The van der Waals surface area contributed by atoms with Crippen molar-refractivity contribution in [1.29, 1.82) is 0 Å². The molecule has 1 aliphatic carbocycles. The number of carbonyl (C=O) groups excluding carboxylic acids is 4. The molecule has 3 aliphatic rings. The van der Waals surface area contributed by atoms with Gasteiger partial charge in [-0.1, -0.05) is 6.07 Å². The summed E-state index contributed by atoms with van der Waals surface area (Å²) in [5, 5.41) is 5.69. The van der Waals surface area contributed by atoms with Crippen LogP contribution in [0.5, 0.6) is 0 Å². The number of hydrogen-bond acceptors (Lipinski definition) is 6. The molecule has 1 aromatic carbocycles. The SMILES string of the molecule is C[C@]1(NCc2ccc3c(c2)C(=O)N(C2CCC(=O)NC2=O)C3=O)CCC[C@@H]1N. The molecule has 0 aromatic heterocycles. The van der Waals surface area contributed by atoms with E-state index in [9.17, 15) is 19.2 Å². The second kappa shape index (κ2) is 6.79. The number of imide groups is 2. The first-order valence-electron chi connectivity index (χ1n) is 9.65. The lowest BCUT2D eigenvalue weighted by molar-refractivity contribution is -0.136. The molecule has 4 N–H and O–H groups in total. The second-order valence-corrected chi connectivity index (χ2v) is 8.10. The Bertz CT molecular complexity index is 883. The van der Waals surface area contributed by atoms with Crippen LogP contribution in [0, 0.1) is 0 Å². The van der Waals surface area contributed by atoms with Gasteiger partial charge in [-0.15, -0.1) is 0 Å². The zero-order valence-electron chi connectivity index (χ0n) is 15.8. The third-order valence-electron chi connectivity index (χ3n) is 6.23. The number of nitrogens with one attached hydrogen (secondary N) is 2. The molecule has 0 spiro atoms. The fourth-order valence-electron chi connectivity index (χ4n) is 4.34. The van der Waals surface area contributed by atoms with Gasteiger partial charge in [0.1, 0.15) is 6.04 Å². The number of nitrogens with zero attached hydrogens (tertiary/aromatic N) is 1. The van der Waals surface area contributed by atoms with Gasteiger partial charge in [0, 0.05) is 24.5 Å². The quantitative estimate of drug-likeness (QED) is 0.648. The number of piperidine rings is 1. The molecule has 2 fully saturated rings. The van der Waals surface area contributed by atoms with Gasteiger partial charge in [0.15, 0.2) is 0 Å². The van der Waals surface area contributed by atoms with Gasteiger partial charge in [-0.05, 0) is 50.3 Å². The van der Waals surface area contributed by atoms with Gasteiger partial charge in [0.25, 0.3) is 11.8 Å². The largest absolute Gasteiger partial charge is 0.326 e. The third-order valence-corrected chi connectivity index (χ3v) is 6.23. The summed E-state index contributed by atoms with van der Waals surface area (Å²) in [5.74, 6) is -1.96. The molecule has 1 aromatic rings. The zero-order valence-corrected chi connectivity index (χ0v) is 15.8. The van der Waals surface area contributed by atoms with E-state index in [-0.39, 0.29) is 30.3 Å². The molecule has 2 aliphatic heterocycles. The van der Waals surface area contributed by atoms with E-state index < -0.39 is 23.8 Å². The summed E-state index contributed by atoms with van der Waals surface area (Å²) in [6, 6.07) is 4.30. The highest BCUT2D eigenvalue weighted by Gasteiger charge is 2.44. The molecule has 4 amide bonds. The Hall–Kier alpha value is -2.58. The summed E-state index contributed by atoms with van der Waals surface area (Å²) < 4.78 is 0. The fraction of sp³-hybridized carbons (Fsp3) is 0.500. The van der Waals surface area contributed by atoms with Gasteiger partial charge in [0.2, 0.25) is 11.8 Å². The van der Waals surface area contributed by atoms with Crippen molar-refractivity contribution in [1.82, 2.24) is 15.5 Å². The average Bonchev–Trinajstić information content (AvgIpc) is 3.11. The van der Waals surface area contributed by atoms with Crippen molar-refractivity contribution < 1.29 is 19.2 Å². The summed E-state index contributed by atoms with van der Waals surface area (Å²) in [6.45, 7) is 2.65. The highest BCUT2D eigenvalue weighted by molar-refractivity contribution is 6.23. The Morgan fingerprint density at radius 2 is 1.93 bits per heavy atom. The minimum absolute atomic E-state index is 0.0909. The van der Waals surface area contributed by atoms with Crippen molar-refractivity contribution in [3.8, 4) is 0 Å². The van der Waals surface area contributed by atoms with Crippen LogP contribution in [0.3, 0.4) is 0 Å². The Labute approximate surface area is 162 Å². The minimum Gasteiger partial charge on any atom is -0.326 e. The summed E-state index contributed by atoms with van der Waals surface area (Å²) in [7, 11) is 0. The first kappa shape index (κ1) is 18.8. The van der Waals surface area contributed by atoms with Crippen molar-refractivity contribution in [2.24, 2.45) is 5.73 Å². The van der Waals surface area contributed by atoms with Crippen LogP contribution in [0.1, 0.15) is 65.3 Å². The molecular weight excluding hydrogens is 360 g/mol. The number of hydrogen-bond donors (Lipinski definition) is 3. The number of rotatable bonds is 4. The molecular formula is C20H24N4O4. The lowest BCUT2D eigenvalue weighted by Gasteiger charge is -2.30. The third kappa shape index (κ3) is 3.02. The van der Waals surface area contributed by atoms with Crippen molar-refractivity contribution in [2.45, 2.75) is 63.2 Å². The Balaban J connectivity index is 1.52. The zero-order chi connectivity index (χ0) is 20.1. The van der Waals surface area contributed by atoms with E-state index in [0.29, 0.717) is 17.7 Å². The first-order valence-corrected chi connectivity index (χ1v) is 9.65. The maximum absolute atomic E-state index is 12.9. The molecule has 1 saturated heterocycles. The smallest absolute Gasteiger partial charge is 0.262 e. The van der Waals surface area contributed by atoms with Gasteiger partial charge in [-0.3, -0.25) is 29.4 Å². The maximum atomic E-state index is 12.9. The average molecular weight is 384 g/mol. The fourth-order valence-corrected chi connectivity index (χ4v) is 4.34. The van der Waals surface area contributed by atoms with Crippen molar-refractivity contribution in [3.05, 3.63) is 34.9 Å². The summed E-state index contributed by atoms with van der Waals surface area (Å²) in [4.78, 5) is 50.0. The predicted molar refractivity (Wildman–Crippen MR) is 100 cm³/mol. The predicted octanol–water partition coefficient (Wildman–Crippen LogP) is 0.447. The van der Waals surface area contributed by atoms with Gasteiger partial charge in [-0.2, -0.15) is 0 Å². The maximum Gasteiger partial charge on any atom is 0.262 e. The van der Waals surface area contributed by atoms with Crippen molar-refractivity contribution in [2.75, 3.05) is 0 Å². The summed E-state index contributed by atoms with van der Waals surface area (Å²) in [5.41, 5.74) is 7.53. The number of carbonyl (C=O) groups is 4. The number of amides is 4. The number of nitrogens with two attached hydrogens (primary N) is 1. The molecule has 1 saturated carbocycles. The molecule has 148 valence electrons. The van der Waals surface area contributed by atoms with Crippen LogP contribution in [0.25, 0.3) is 0 Å². The van der Waals surface area contributed by atoms with Crippen LogP contribution in [0.15, 0.2) is 18.2 Å². The summed E-state index contributed by atoms with van der Waals surface area (Å²) in [6.07, 6.45) is 3.34. The lowest BCUT2D eigenvalue weighted by atomic mass is 9.95. The molecule has 28 heavy (non-hydrogen) atoms. The van der Waals surface area contributed by atoms with E-state index in [1.165, 1.54) is 0 Å². The van der Waals surface area contributed by atoms with Gasteiger partial charge < -0.3 is 11.1 Å². The second-order valence-electron chi connectivity index (χ2n) is 8.10. The number of fused-ring (bicyclic) bond motifs is 1. The molecule has 0 bridgehead atoms. The monoisotopic (exact) mass is 384 g/mol. The molecule has 1 unspecified atom stereocenters. The van der Waals surface area contributed by atoms with Crippen LogP contribution >= 0.6 is 0 Å². The van der Waals surface area contributed by atoms with Crippen LogP contribution in [0.4, 0.5) is 0 Å². The van der Waals surface area contributed by atoms with E-state index in [0.717, 1.165) is 29.7 Å². The molecule has 4 rings (SSSR count). The molecule has 8 heteroatoms. The minimum atomic E-state index is -0.943. The normalized spacial score (nSPS) is 30.0. The van der Waals surface area contributed by atoms with E-state index in [4.69, 9.17) is 5.73 Å². The Morgan fingerprint density at radius 1 is 1.18 bits per heavy atom. The van der Waals surface area contributed by atoms with E-state index >= 15 is 0 Å². The Morgan fingerprint density at radius 3 is 2.61 bits per heavy atom. The van der Waals surface area contributed by atoms with Crippen LogP contribution < -0.4 is 16.4 Å². The molecule has 2 heterocycles. The van der Waals surface area contributed by atoms with Gasteiger partial charge in [-0.25, -0.2) is 0 Å². The Kier molecular flexibility index (Phi) is 4.55. The van der Waals surface area contributed by atoms with Gasteiger partial charge in [0.05, 0.1) is 11.1 Å². The molecule has 3 atom stereocenters. The summed E-state index contributed by atoms with van der Waals surface area (Å²) >= 11 is 0. The number of benzene rings is 1. The molecule has 8 nitrogen and oxygen atoms in total. The van der Waals surface area contributed by atoms with Crippen LogP contribution in [0.2, 0.25) is 0 Å².